The SMILES string of the molecule is CCCCCCCCCCCCCCCCCCCC[N+](C)(C)c1ccccc1. The Morgan fingerprint density at radius 2 is 0.828 bits per heavy atom. The largest absolute Gasteiger partial charge is 0.296 e. The topological polar surface area (TPSA) is 0 Å². The molecule has 1 aromatic carbocycles. The summed E-state index contributed by atoms with van der Waals surface area (Å²) in [5.41, 5.74) is 1.43. The van der Waals surface area contributed by atoms with Gasteiger partial charge in [0.15, 0.2) is 0 Å². The van der Waals surface area contributed by atoms with E-state index >= 15 is 0 Å². The molecule has 1 heteroatoms. The Balaban J connectivity index is 1.79. The molecule has 0 saturated heterocycles. The van der Waals surface area contributed by atoms with Gasteiger partial charge in [0.2, 0.25) is 0 Å². The Labute approximate surface area is 183 Å². The van der Waals surface area contributed by atoms with E-state index in [1.165, 1.54) is 128 Å². The van der Waals surface area contributed by atoms with Gasteiger partial charge in [-0.2, -0.15) is 0 Å². The van der Waals surface area contributed by atoms with Crippen LogP contribution in [0.2, 0.25) is 0 Å². The lowest BCUT2D eigenvalue weighted by Crippen LogP contribution is -2.41. The maximum atomic E-state index is 2.34. The summed E-state index contributed by atoms with van der Waals surface area (Å²) in [5, 5.41) is 0. The van der Waals surface area contributed by atoms with E-state index in [0.29, 0.717) is 0 Å². The van der Waals surface area contributed by atoms with Crippen molar-refractivity contribution in [2.24, 2.45) is 0 Å². The van der Waals surface area contributed by atoms with Crippen molar-refractivity contribution in [3.8, 4) is 0 Å². The standard InChI is InChI=1S/C28H52N/c1-4-5-6-7-8-9-10-11-12-13-14-15-16-17-18-19-20-24-27-29(2,3)28-25-22-21-23-26-28/h21-23,25-26H,4-20,24,27H2,1-3H3/q+1. The number of hydrogen-bond donors (Lipinski definition) is 0. The Hall–Kier alpha value is -0.820. The molecule has 0 unspecified atom stereocenters. The summed E-state index contributed by atoms with van der Waals surface area (Å²) in [6.07, 6.45) is 26.1. The first-order valence-electron chi connectivity index (χ1n) is 13.1. The third-order valence-corrected chi connectivity index (χ3v) is 6.53. The summed E-state index contributed by atoms with van der Waals surface area (Å²) in [6.45, 7) is 3.55. The van der Waals surface area contributed by atoms with Crippen molar-refractivity contribution < 1.29 is 0 Å². The minimum absolute atomic E-state index is 1.01. The molecule has 0 aliphatic heterocycles. The average molecular weight is 403 g/mol. The highest BCUT2D eigenvalue weighted by atomic mass is 15.3. The summed E-state index contributed by atoms with van der Waals surface area (Å²) in [6, 6.07) is 10.9. The van der Waals surface area contributed by atoms with E-state index < -0.39 is 0 Å². The first-order valence-corrected chi connectivity index (χ1v) is 13.1. The van der Waals surface area contributed by atoms with Crippen LogP contribution in [0.15, 0.2) is 30.3 Å². The average Bonchev–Trinajstić information content (AvgIpc) is 2.73. The molecule has 0 atom stereocenters. The van der Waals surface area contributed by atoms with Crippen molar-refractivity contribution >= 4 is 5.69 Å². The molecule has 0 radical (unpaired) electrons. The van der Waals surface area contributed by atoms with Gasteiger partial charge in [0.1, 0.15) is 5.69 Å². The molecule has 0 N–H and O–H groups in total. The molecule has 1 nitrogen and oxygen atoms in total. The van der Waals surface area contributed by atoms with E-state index in [-0.39, 0.29) is 0 Å². The van der Waals surface area contributed by atoms with Crippen LogP contribution in [0.3, 0.4) is 0 Å². The fourth-order valence-electron chi connectivity index (χ4n) is 4.37. The molecule has 0 fully saturated rings. The Bertz CT molecular complexity index is 451. The first-order chi connectivity index (χ1) is 14.2. The van der Waals surface area contributed by atoms with E-state index in [1.54, 1.807) is 0 Å². The fourth-order valence-corrected chi connectivity index (χ4v) is 4.37. The summed E-state index contributed by atoms with van der Waals surface area (Å²) in [7, 11) is 4.67. The molecular weight excluding hydrogens is 350 g/mol. The molecule has 1 aromatic rings. The molecule has 0 aliphatic rings. The van der Waals surface area contributed by atoms with Gasteiger partial charge in [-0.3, -0.25) is 4.48 Å². The molecular formula is C28H52N+. The van der Waals surface area contributed by atoms with Crippen molar-refractivity contribution in [1.29, 1.82) is 0 Å². The maximum Gasteiger partial charge on any atom is 0.132 e. The second-order valence-corrected chi connectivity index (χ2v) is 9.75. The zero-order valence-electron chi connectivity index (χ0n) is 20.3. The normalized spacial score (nSPS) is 11.8. The van der Waals surface area contributed by atoms with E-state index in [1.807, 2.05) is 0 Å². The highest BCUT2D eigenvalue weighted by molar-refractivity contribution is 5.40. The van der Waals surface area contributed by atoms with Crippen LogP contribution < -0.4 is 4.48 Å². The Morgan fingerprint density at radius 3 is 1.21 bits per heavy atom. The third-order valence-electron chi connectivity index (χ3n) is 6.53. The first kappa shape index (κ1) is 26.2. The van der Waals surface area contributed by atoms with Gasteiger partial charge in [-0.1, -0.05) is 128 Å². The van der Waals surface area contributed by atoms with Gasteiger partial charge in [0.05, 0.1) is 20.6 Å². The summed E-state index contributed by atoms with van der Waals surface area (Å²) in [4.78, 5) is 0. The number of quaternary nitrogens is 1. The van der Waals surface area contributed by atoms with Crippen LogP contribution >= 0.6 is 0 Å². The number of nitrogens with zero attached hydrogens (tertiary/aromatic N) is 1. The van der Waals surface area contributed by atoms with Crippen molar-refractivity contribution in [2.45, 2.75) is 122 Å². The van der Waals surface area contributed by atoms with Crippen LogP contribution in [0, 0.1) is 0 Å². The van der Waals surface area contributed by atoms with Crippen LogP contribution in [0.4, 0.5) is 5.69 Å². The van der Waals surface area contributed by atoms with E-state index in [4.69, 9.17) is 0 Å². The van der Waals surface area contributed by atoms with Crippen LogP contribution in [0.5, 0.6) is 0 Å². The lowest BCUT2D eigenvalue weighted by atomic mass is 10.0. The van der Waals surface area contributed by atoms with E-state index in [9.17, 15) is 0 Å². The van der Waals surface area contributed by atoms with Crippen LogP contribution in [0.25, 0.3) is 0 Å². The molecule has 0 bridgehead atoms. The molecule has 1 rings (SSSR count). The highest BCUT2D eigenvalue weighted by Gasteiger charge is 2.17. The quantitative estimate of drug-likeness (QED) is 0.150. The van der Waals surface area contributed by atoms with Gasteiger partial charge in [-0.05, 0) is 25.0 Å². The van der Waals surface area contributed by atoms with Crippen molar-refractivity contribution in [2.75, 3.05) is 20.6 Å². The van der Waals surface area contributed by atoms with Gasteiger partial charge in [0.25, 0.3) is 0 Å². The van der Waals surface area contributed by atoms with Crippen LogP contribution in [-0.4, -0.2) is 20.6 Å². The lowest BCUT2D eigenvalue weighted by molar-refractivity contribution is 0.380. The van der Waals surface area contributed by atoms with Crippen molar-refractivity contribution in [3.05, 3.63) is 30.3 Å². The van der Waals surface area contributed by atoms with Gasteiger partial charge in [0, 0.05) is 0 Å². The van der Waals surface area contributed by atoms with Crippen molar-refractivity contribution in [1.82, 2.24) is 4.48 Å². The maximum absolute atomic E-state index is 2.34. The molecule has 168 valence electrons. The zero-order chi connectivity index (χ0) is 21.0. The number of rotatable bonds is 20. The molecule has 0 amide bonds. The monoisotopic (exact) mass is 402 g/mol. The molecule has 29 heavy (non-hydrogen) atoms. The minimum atomic E-state index is 1.01. The second kappa shape index (κ2) is 18.0. The molecule has 0 aliphatic carbocycles. The van der Waals surface area contributed by atoms with Gasteiger partial charge < -0.3 is 0 Å². The fraction of sp³-hybridized carbons (Fsp3) is 0.786. The summed E-state index contributed by atoms with van der Waals surface area (Å²) < 4.78 is 1.01. The predicted molar refractivity (Wildman–Crippen MR) is 134 cm³/mol. The number of unbranched alkanes of at least 4 members (excludes halogenated alkanes) is 17. The third kappa shape index (κ3) is 14.8. The lowest BCUT2D eigenvalue weighted by Gasteiger charge is -2.29. The minimum Gasteiger partial charge on any atom is -0.296 e. The van der Waals surface area contributed by atoms with Gasteiger partial charge >= 0.3 is 0 Å². The molecule has 0 spiro atoms. The summed E-state index contributed by atoms with van der Waals surface area (Å²) in [5.74, 6) is 0. The zero-order valence-corrected chi connectivity index (χ0v) is 20.3. The molecule has 0 saturated carbocycles. The van der Waals surface area contributed by atoms with Crippen LogP contribution in [-0.2, 0) is 0 Å². The van der Waals surface area contributed by atoms with Gasteiger partial charge in [-0.15, -0.1) is 0 Å². The van der Waals surface area contributed by atoms with Gasteiger partial charge in [-0.25, -0.2) is 0 Å². The summed E-state index contributed by atoms with van der Waals surface area (Å²) >= 11 is 0. The highest BCUT2D eigenvalue weighted by Crippen LogP contribution is 2.19. The Morgan fingerprint density at radius 1 is 0.483 bits per heavy atom. The second-order valence-electron chi connectivity index (χ2n) is 9.75. The van der Waals surface area contributed by atoms with E-state index in [0.717, 1.165) is 4.48 Å². The predicted octanol–water partition coefficient (Wildman–Crippen LogP) is 9.30. The smallest absolute Gasteiger partial charge is 0.132 e. The number of benzene rings is 1. The molecule has 0 aromatic heterocycles. The van der Waals surface area contributed by atoms with Crippen LogP contribution in [0.1, 0.15) is 122 Å². The van der Waals surface area contributed by atoms with Crippen molar-refractivity contribution in [3.63, 3.8) is 0 Å². The number of hydrogen-bond acceptors (Lipinski definition) is 0. The molecule has 0 heterocycles. The van der Waals surface area contributed by atoms with E-state index in [2.05, 4.69) is 51.4 Å². The Kier molecular flexibility index (Phi) is 16.3. The number of para-hydroxylation sites is 1.